The van der Waals surface area contributed by atoms with Crippen molar-refractivity contribution >= 4 is 21.6 Å². The highest BCUT2D eigenvalue weighted by molar-refractivity contribution is 9.10. The molecule has 70 valence electrons. The molecule has 0 aliphatic heterocycles. The summed E-state index contributed by atoms with van der Waals surface area (Å²) < 4.78 is 0.717. The third-order valence-corrected chi connectivity index (χ3v) is 2.12. The molecule has 0 fully saturated rings. The molecule has 0 aliphatic carbocycles. The quantitative estimate of drug-likeness (QED) is 0.509. The number of nitrogens with one attached hydrogen (secondary N) is 1. The number of hydrogen-bond acceptors (Lipinski definition) is 3. The molecule has 0 amide bonds. The Morgan fingerprint density at radius 3 is 3.00 bits per heavy atom. The first-order valence-electron chi connectivity index (χ1n) is 3.79. The second-order valence-corrected chi connectivity index (χ2v) is 3.22. The molecule has 1 N–H and O–H groups in total. The van der Waals surface area contributed by atoms with Crippen molar-refractivity contribution in [3.05, 3.63) is 28.2 Å². The van der Waals surface area contributed by atoms with Gasteiger partial charge < -0.3 is 0 Å². The Hall–Kier alpha value is -1.49. The lowest BCUT2D eigenvalue weighted by Gasteiger charge is -2.06. The van der Waals surface area contributed by atoms with Crippen LogP contribution in [0.15, 0.2) is 22.7 Å². The summed E-state index contributed by atoms with van der Waals surface area (Å²) in [4.78, 5) is 4.91. The molecule has 1 aromatic rings. The zero-order valence-corrected chi connectivity index (χ0v) is 8.84. The van der Waals surface area contributed by atoms with Crippen LogP contribution in [0.3, 0.4) is 0 Å². The van der Waals surface area contributed by atoms with Crippen molar-refractivity contribution in [2.24, 2.45) is 0 Å². The lowest BCUT2D eigenvalue weighted by molar-refractivity contribution is 0.234. The highest BCUT2D eigenvalue weighted by atomic mass is 79.9. The zero-order chi connectivity index (χ0) is 10.4. The minimum Gasteiger partial charge on any atom is -0.265 e. The summed E-state index contributed by atoms with van der Waals surface area (Å²) >= 11 is 3.26. The van der Waals surface area contributed by atoms with E-state index >= 15 is 0 Å². The second-order valence-electron chi connectivity index (χ2n) is 2.37. The van der Waals surface area contributed by atoms with Gasteiger partial charge in [-0.15, -0.1) is 6.42 Å². The Morgan fingerprint density at radius 1 is 1.57 bits per heavy atom. The molecule has 0 saturated carbocycles. The van der Waals surface area contributed by atoms with E-state index in [0.717, 1.165) is 0 Å². The molecule has 0 heterocycles. The van der Waals surface area contributed by atoms with Gasteiger partial charge in [-0.05, 0) is 28.1 Å². The van der Waals surface area contributed by atoms with E-state index in [1.807, 2.05) is 6.07 Å². The number of terminal acetylenes is 1. The topological polar surface area (TPSA) is 45.0 Å². The van der Waals surface area contributed by atoms with Crippen LogP contribution in [0.1, 0.15) is 5.56 Å². The Bertz CT molecular complexity index is 404. The van der Waals surface area contributed by atoms with Gasteiger partial charge in [0.25, 0.3) is 0 Å². The first-order valence-corrected chi connectivity index (χ1v) is 4.58. The molecule has 1 aromatic carbocycles. The molecule has 0 saturated heterocycles. The lowest BCUT2D eigenvalue weighted by Crippen LogP contribution is -2.03. The molecular formula is C10H7BrN2O. The average Bonchev–Trinajstić information content (AvgIpc) is 2.18. The Balaban J connectivity index is 2.83. The predicted molar refractivity (Wildman–Crippen MR) is 57.3 cm³/mol. The maximum atomic E-state index is 8.84. The summed E-state index contributed by atoms with van der Waals surface area (Å²) in [6, 6.07) is 7.37. The standard InChI is InChI=1S/C10H7BrN2O/c1-2-6-14-13-10-5-3-4-9(11)8(10)7-12/h1,3-5,13H,6H2. The van der Waals surface area contributed by atoms with Crippen LogP contribution in [0.2, 0.25) is 0 Å². The van der Waals surface area contributed by atoms with Crippen LogP contribution >= 0.6 is 15.9 Å². The number of halogens is 1. The fraction of sp³-hybridized carbons (Fsp3) is 0.100. The molecule has 4 heteroatoms. The Kier molecular flexibility index (Phi) is 4.00. The van der Waals surface area contributed by atoms with E-state index in [-0.39, 0.29) is 6.61 Å². The average molecular weight is 251 g/mol. The van der Waals surface area contributed by atoms with Crippen molar-refractivity contribution in [1.29, 1.82) is 5.26 Å². The van der Waals surface area contributed by atoms with Crippen LogP contribution in [-0.4, -0.2) is 6.61 Å². The van der Waals surface area contributed by atoms with Crippen LogP contribution in [0.4, 0.5) is 5.69 Å². The van der Waals surface area contributed by atoms with Gasteiger partial charge in [0.05, 0.1) is 11.3 Å². The minimum absolute atomic E-state index is 0.150. The van der Waals surface area contributed by atoms with Crippen LogP contribution in [0, 0.1) is 23.7 Å². The number of benzene rings is 1. The van der Waals surface area contributed by atoms with Gasteiger partial charge in [0.15, 0.2) is 0 Å². The van der Waals surface area contributed by atoms with E-state index in [1.54, 1.807) is 18.2 Å². The van der Waals surface area contributed by atoms with Crippen LogP contribution < -0.4 is 5.48 Å². The lowest BCUT2D eigenvalue weighted by atomic mass is 10.2. The van der Waals surface area contributed by atoms with E-state index in [9.17, 15) is 0 Å². The van der Waals surface area contributed by atoms with Crippen molar-refractivity contribution in [2.45, 2.75) is 0 Å². The number of anilines is 1. The first-order chi connectivity index (χ1) is 6.79. The molecular weight excluding hydrogens is 244 g/mol. The van der Waals surface area contributed by atoms with Crippen molar-refractivity contribution in [1.82, 2.24) is 0 Å². The maximum Gasteiger partial charge on any atom is 0.135 e. The SMILES string of the molecule is C#CCONc1cccc(Br)c1C#N. The molecule has 0 radical (unpaired) electrons. The van der Waals surface area contributed by atoms with Gasteiger partial charge in [0, 0.05) is 4.47 Å². The van der Waals surface area contributed by atoms with Gasteiger partial charge in [-0.2, -0.15) is 5.26 Å². The molecule has 0 unspecified atom stereocenters. The number of nitriles is 1. The molecule has 0 atom stereocenters. The van der Waals surface area contributed by atoms with Crippen LogP contribution in [-0.2, 0) is 4.84 Å². The molecule has 14 heavy (non-hydrogen) atoms. The normalized spacial score (nSPS) is 8.79. The minimum atomic E-state index is 0.150. The second kappa shape index (κ2) is 5.29. The Morgan fingerprint density at radius 2 is 2.36 bits per heavy atom. The van der Waals surface area contributed by atoms with Crippen molar-refractivity contribution < 1.29 is 4.84 Å². The van der Waals surface area contributed by atoms with Crippen molar-refractivity contribution in [3.8, 4) is 18.4 Å². The summed E-state index contributed by atoms with van der Waals surface area (Å²) in [5, 5.41) is 8.84. The number of rotatable bonds is 3. The fourth-order valence-electron chi connectivity index (χ4n) is 0.878. The molecule has 0 aliphatic rings. The monoisotopic (exact) mass is 250 g/mol. The van der Waals surface area contributed by atoms with E-state index in [4.69, 9.17) is 16.5 Å². The summed E-state index contributed by atoms with van der Waals surface area (Å²) in [6.07, 6.45) is 5.00. The van der Waals surface area contributed by atoms with Crippen molar-refractivity contribution in [3.63, 3.8) is 0 Å². The van der Waals surface area contributed by atoms with Gasteiger partial charge in [-0.1, -0.05) is 12.0 Å². The highest BCUT2D eigenvalue weighted by Gasteiger charge is 2.04. The van der Waals surface area contributed by atoms with Gasteiger partial charge in [-0.3, -0.25) is 10.3 Å². The summed E-state index contributed by atoms with van der Waals surface area (Å²) in [5.74, 6) is 2.31. The number of nitrogens with zero attached hydrogens (tertiary/aromatic N) is 1. The van der Waals surface area contributed by atoms with E-state index < -0.39 is 0 Å². The number of hydrogen-bond donors (Lipinski definition) is 1. The molecule has 0 aromatic heterocycles. The smallest absolute Gasteiger partial charge is 0.135 e. The molecule has 3 nitrogen and oxygen atoms in total. The third kappa shape index (κ3) is 2.50. The van der Waals surface area contributed by atoms with Crippen LogP contribution in [0.25, 0.3) is 0 Å². The molecule has 0 spiro atoms. The summed E-state index contributed by atoms with van der Waals surface area (Å²) in [5.41, 5.74) is 3.70. The van der Waals surface area contributed by atoms with Gasteiger partial charge in [0.1, 0.15) is 12.7 Å². The van der Waals surface area contributed by atoms with E-state index in [1.165, 1.54) is 0 Å². The van der Waals surface area contributed by atoms with Crippen LogP contribution in [0.5, 0.6) is 0 Å². The van der Waals surface area contributed by atoms with Gasteiger partial charge >= 0.3 is 0 Å². The predicted octanol–water partition coefficient (Wildman–Crippen LogP) is 2.30. The fourth-order valence-corrected chi connectivity index (χ4v) is 1.33. The summed E-state index contributed by atoms with van der Waals surface area (Å²) in [7, 11) is 0. The molecule has 1 rings (SSSR count). The van der Waals surface area contributed by atoms with Gasteiger partial charge in [-0.25, -0.2) is 0 Å². The summed E-state index contributed by atoms with van der Waals surface area (Å²) in [6.45, 7) is 0.150. The maximum absolute atomic E-state index is 8.84. The van der Waals surface area contributed by atoms with E-state index in [2.05, 4.69) is 27.3 Å². The zero-order valence-electron chi connectivity index (χ0n) is 7.25. The Labute approximate surface area is 90.8 Å². The highest BCUT2D eigenvalue weighted by Crippen LogP contribution is 2.23. The largest absolute Gasteiger partial charge is 0.265 e. The van der Waals surface area contributed by atoms with Crippen molar-refractivity contribution in [2.75, 3.05) is 12.1 Å². The molecule has 0 bridgehead atoms. The van der Waals surface area contributed by atoms with Gasteiger partial charge in [0.2, 0.25) is 0 Å². The first kappa shape index (κ1) is 10.6. The third-order valence-electron chi connectivity index (χ3n) is 1.46. The van der Waals surface area contributed by atoms with E-state index in [0.29, 0.717) is 15.7 Å².